The third-order valence-electron chi connectivity index (χ3n) is 2.38. The van der Waals surface area contributed by atoms with Gasteiger partial charge in [0.1, 0.15) is 0 Å². The van der Waals surface area contributed by atoms with Crippen molar-refractivity contribution < 1.29 is 19.1 Å². The minimum Gasteiger partial charge on any atom is -0.463 e. The first-order chi connectivity index (χ1) is 8.45. The number of hydrogen-bond donors (Lipinski definition) is 1. The molecule has 0 aliphatic heterocycles. The molecule has 0 spiro atoms. The third-order valence-corrected chi connectivity index (χ3v) is 2.38. The Labute approximate surface area is 106 Å². The summed E-state index contributed by atoms with van der Waals surface area (Å²) in [6.45, 7) is 5.18. The fourth-order valence-electron chi connectivity index (χ4n) is 1.39. The first kappa shape index (κ1) is 14.0. The predicted molar refractivity (Wildman–Crippen MR) is 67.1 cm³/mol. The van der Waals surface area contributed by atoms with E-state index in [1.807, 2.05) is 0 Å². The minimum atomic E-state index is -0.932. The number of esters is 2. The number of carbonyl (C=O) groups excluding carboxylic acids is 2. The third kappa shape index (κ3) is 3.48. The van der Waals surface area contributed by atoms with Gasteiger partial charge in [0.25, 0.3) is 0 Å². The van der Waals surface area contributed by atoms with Gasteiger partial charge in [0.2, 0.25) is 0 Å². The van der Waals surface area contributed by atoms with E-state index in [2.05, 4.69) is 0 Å². The Hall–Kier alpha value is -2.04. The lowest BCUT2D eigenvalue weighted by atomic mass is 10.1. The normalized spacial score (nSPS) is 11.7. The molecule has 2 N–H and O–H groups in total. The molecule has 1 aromatic carbocycles. The van der Waals surface area contributed by atoms with Gasteiger partial charge in [-0.1, -0.05) is 6.07 Å². The van der Waals surface area contributed by atoms with Gasteiger partial charge in [-0.3, -0.25) is 0 Å². The van der Waals surface area contributed by atoms with Gasteiger partial charge in [0.05, 0.1) is 12.2 Å². The number of ether oxygens (including phenoxy) is 2. The molecular formula is C13H17NO4. The molecule has 0 radical (unpaired) electrons. The topological polar surface area (TPSA) is 78.6 Å². The monoisotopic (exact) mass is 251 g/mol. The molecular weight excluding hydrogens is 234 g/mol. The van der Waals surface area contributed by atoms with Crippen molar-refractivity contribution in [3.05, 3.63) is 29.3 Å². The van der Waals surface area contributed by atoms with Crippen LogP contribution in [0.5, 0.6) is 0 Å². The maximum Gasteiger partial charge on any atom is 0.347 e. The van der Waals surface area contributed by atoms with Gasteiger partial charge < -0.3 is 15.2 Å². The molecule has 0 aliphatic carbocycles. The number of nitrogen functional groups attached to an aromatic ring is 1. The van der Waals surface area contributed by atoms with Gasteiger partial charge in [-0.05, 0) is 38.5 Å². The highest BCUT2D eigenvalue weighted by Crippen LogP contribution is 2.14. The maximum atomic E-state index is 11.9. The van der Waals surface area contributed by atoms with Crippen molar-refractivity contribution in [3.63, 3.8) is 0 Å². The molecule has 0 fully saturated rings. The molecule has 1 unspecified atom stereocenters. The highest BCUT2D eigenvalue weighted by molar-refractivity contribution is 5.93. The minimum absolute atomic E-state index is 0.248. The Bertz CT molecular complexity index is 456. The summed E-state index contributed by atoms with van der Waals surface area (Å²) in [5.74, 6) is -1.15. The van der Waals surface area contributed by atoms with E-state index in [4.69, 9.17) is 15.2 Å². The molecule has 5 heteroatoms. The quantitative estimate of drug-likeness (QED) is 0.650. The van der Waals surface area contributed by atoms with E-state index in [1.54, 1.807) is 26.0 Å². The molecule has 1 atom stereocenters. The van der Waals surface area contributed by atoms with E-state index < -0.39 is 18.0 Å². The second-order valence-corrected chi connectivity index (χ2v) is 3.87. The molecule has 0 amide bonds. The summed E-state index contributed by atoms with van der Waals surface area (Å²) in [5.41, 5.74) is 7.17. The van der Waals surface area contributed by atoms with Crippen molar-refractivity contribution in [2.24, 2.45) is 0 Å². The van der Waals surface area contributed by atoms with Crippen LogP contribution in [0, 0.1) is 6.92 Å². The highest BCUT2D eigenvalue weighted by atomic mass is 16.6. The first-order valence-electron chi connectivity index (χ1n) is 5.69. The molecule has 0 heterocycles. The van der Waals surface area contributed by atoms with Crippen molar-refractivity contribution in [3.8, 4) is 0 Å². The van der Waals surface area contributed by atoms with Crippen LogP contribution in [0.1, 0.15) is 29.8 Å². The lowest BCUT2D eigenvalue weighted by Gasteiger charge is -2.13. The summed E-state index contributed by atoms with van der Waals surface area (Å²) >= 11 is 0. The van der Waals surface area contributed by atoms with Crippen LogP contribution in [0.3, 0.4) is 0 Å². The zero-order valence-corrected chi connectivity index (χ0v) is 10.7. The Kier molecular flexibility index (Phi) is 4.71. The zero-order chi connectivity index (χ0) is 13.7. The predicted octanol–water partition coefficient (Wildman–Crippen LogP) is 1.69. The number of rotatable bonds is 4. The molecule has 0 saturated heterocycles. The lowest BCUT2D eigenvalue weighted by molar-refractivity contribution is -0.152. The summed E-state index contributed by atoms with van der Waals surface area (Å²) < 4.78 is 9.77. The summed E-state index contributed by atoms with van der Waals surface area (Å²) in [7, 11) is 0. The van der Waals surface area contributed by atoms with Crippen LogP contribution < -0.4 is 5.73 Å². The zero-order valence-electron chi connectivity index (χ0n) is 10.7. The number of nitrogens with two attached hydrogens (primary N) is 1. The van der Waals surface area contributed by atoms with Crippen LogP contribution in [-0.4, -0.2) is 24.6 Å². The number of carbonyl (C=O) groups is 2. The molecule has 1 rings (SSSR count). The van der Waals surface area contributed by atoms with Crippen LogP contribution in [-0.2, 0) is 14.3 Å². The lowest BCUT2D eigenvalue weighted by Crippen LogP contribution is -2.26. The van der Waals surface area contributed by atoms with Gasteiger partial charge in [-0.2, -0.15) is 0 Å². The largest absolute Gasteiger partial charge is 0.463 e. The second kappa shape index (κ2) is 6.05. The number of hydrogen-bond acceptors (Lipinski definition) is 5. The maximum absolute atomic E-state index is 11.9. The van der Waals surface area contributed by atoms with Crippen molar-refractivity contribution >= 4 is 17.6 Å². The van der Waals surface area contributed by atoms with Crippen LogP contribution in [0.2, 0.25) is 0 Å². The fraction of sp³-hybridized carbons (Fsp3) is 0.385. The van der Waals surface area contributed by atoms with Crippen molar-refractivity contribution in [2.45, 2.75) is 26.9 Å². The first-order valence-corrected chi connectivity index (χ1v) is 5.69. The second-order valence-electron chi connectivity index (χ2n) is 3.87. The van der Waals surface area contributed by atoms with Gasteiger partial charge in [-0.25, -0.2) is 9.59 Å². The number of benzene rings is 1. The van der Waals surface area contributed by atoms with Gasteiger partial charge in [-0.15, -0.1) is 0 Å². The van der Waals surface area contributed by atoms with E-state index in [-0.39, 0.29) is 6.61 Å². The molecule has 0 saturated carbocycles. The molecule has 98 valence electrons. The molecule has 18 heavy (non-hydrogen) atoms. The molecule has 0 aromatic heterocycles. The summed E-state index contributed by atoms with van der Waals surface area (Å²) in [4.78, 5) is 23.2. The van der Waals surface area contributed by atoms with E-state index >= 15 is 0 Å². The van der Waals surface area contributed by atoms with Crippen LogP contribution in [0.25, 0.3) is 0 Å². The molecule has 5 nitrogen and oxygen atoms in total. The van der Waals surface area contributed by atoms with Gasteiger partial charge in [0, 0.05) is 5.69 Å². The molecule has 0 bridgehead atoms. The average molecular weight is 251 g/mol. The number of aryl methyl sites for hydroxylation is 1. The van der Waals surface area contributed by atoms with E-state index in [1.165, 1.54) is 13.0 Å². The Morgan fingerprint density at radius 3 is 2.67 bits per heavy atom. The SMILES string of the molecule is CCOC(=O)C(C)OC(=O)c1cc(N)ccc1C. The van der Waals surface area contributed by atoms with Crippen LogP contribution >= 0.6 is 0 Å². The smallest absolute Gasteiger partial charge is 0.347 e. The van der Waals surface area contributed by atoms with E-state index in [9.17, 15) is 9.59 Å². The Balaban J connectivity index is 2.76. The summed E-state index contributed by atoms with van der Waals surface area (Å²) in [6.07, 6.45) is -0.932. The Morgan fingerprint density at radius 1 is 1.39 bits per heavy atom. The van der Waals surface area contributed by atoms with Gasteiger partial charge in [0.15, 0.2) is 6.10 Å². The van der Waals surface area contributed by atoms with E-state index in [0.717, 1.165) is 5.56 Å². The number of anilines is 1. The van der Waals surface area contributed by atoms with Crippen molar-refractivity contribution in [2.75, 3.05) is 12.3 Å². The molecule has 0 aliphatic rings. The van der Waals surface area contributed by atoms with Crippen LogP contribution in [0.4, 0.5) is 5.69 Å². The fourth-order valence-corrected chi connectivity index (χ4v) is 1.39. The summed E-state index contributed by atoms with van der Waals surface area (Å²) in [5, 5.41) is 0. The van der Waals surface area contributed by atoms with Crippen LogP contribution in [0.15, 0.2) is 18.2 Å². The van der Waals surface area contributed by atoms with Gasteiger partial charge >= 0.3 is 11.9 Å². The van der Waals surface area contributed by atoms with Crippen molar-refractivity contribution in [1.82, 2.24) is 0 Å². The van der Waals surface area contributed by atoms with E-state index in [0.29, 0.717) is 11.3 Å². The molecule has 1 aromatic rings. The average Bonchev–Trinajstić information content (AvgIpc) is 2.32. The standard InChI is InChI=1S/C13H17NO4/c1-4-17-12(15)9(3)18-13(16)11-7-10(14)6-5-8(11)2/h5-7,9H,4,14H2,1-3H3. The highest BCUT2D eigenvalue weighted by Gasteiger charge is 2.20. The van der Waals surface area contributed by atoms with Crippen molar-refractivity contribution in [1.29, 1.82) is 0 Å². The Morgan fingerprint density at radius 2 is 2.06 bits per heavy atom. The summed E-state index contributed by atoms with van der Waals surface area (Å²) in [6, 6.07) is 4.94.